The molecular weight excluding hydrogens is 451 g/mol. The van der Waals surface area contributed by atoms with E-state index in [1.54, 1.807) is 37.3 Å². The van der Waals surface area contributed by atoms with Gasteiger partial charge >= 0.3 is 5.97 Å². The van der Waals surface area contributed by atoms with Crippen molar-refractivity contribution in [1.82, 2.24) is 5.32 Å². The number of esters is 1. The van der Waals surface area contributed by atoms with Crippen LogP contribution < -0.4 is 15.4 Å². The summed E-state index contributed by atoms with van der Waals surface area (Å²) in [5.74, 6) is -0.0401. The molecular formula is C24H22ClFN2O3S. The van der Waals surface area contributed by atoms with Gasteiger partial charge in [0.2, 0.25) is 0 Å². The molecule has 3 rings (SSSR count). The summed E-state index contributed by atoms with van der Waals surface area (Å²) in [7, 11) is 0. The Balaban J connectivity index is 1.49. The first-order valence-electron chi connectivity index (χ1n) is 9.92. The standard InChI is InChI=1S/C24H22ClFN2O3S/c1-2-30-23(29)21-13-19(9-12-22(21)25)28-24(32)27-14-16-5-10-20(11-6-16)31-15-17-3-7-18(26)8-4-17/h3-13H,2,14-15H2,1H3,(H2,27,28,32). The molecule has 0 saturated carbocycles. The van der Waals surface area contributed by atoms with Crippen molar-refractivity contribution in [2.45, 2.75) is 20.1 Å². The molecule has 2 N–H and O–H groups in total. The lowest BCUT2D eigenvalue weighted by molar-refractivity contribution is 0.0526. The van der Waals surface area contributed by atoms with Crippen LogP contribution in [0.15, 0.2) is 66.7 Å². The summed E-state index contributed by atoms with van der Waals surface area (Å²) in [5, 5.41) is 6.86. The van der Waals surface area contributed by atoms with Crippen LogP contribution >= 0.6 is 23.8 Å². The summed E-state index contributed by atoms with van der Waals surface area (Å²) in [6.07, 6.45) is 0. The zero-order valence-corrected chi connectivity index (χ0v) is 18.9. The Morgan fingerprint density at radius 2 is 1.72 bits per heavy atom. The molecule has 3 aromatic rings. The fraction of sp³-hybridized carbons (Fsp3) is 0.167. The van der Waals surface area contributed by atoms with Crippen LogP contribution in [-0.4, -0.2) is 17.7 Å². The highest BCUT2D eigenvalue weighted by Crippen LogP contribution is 2.21. The van der Waals surface area contributed by atoms with Gasteiger partial charge in [0.15, 0.2) is 5.11 Å². The van der Waals surface area contributed by atoms with E-state index in [-0.39, 0.29) is 18.0 Å². The van der Waals surface area contributed by atoms with E-state index in [1.807, 2.05) is 24.3 Å². The molecule has 0 aliphatic carbocycles. The van der Waals surface area contributed by atoms with E-state index in [0.29, 0.717) is 34.7 Å². The molecule has 0 radical (unpaired) electrons. The van der Waals surface area contributed by atoms with Crippen LogP contribution in [0.5, 0.6) is 5.75 Å². The number of carbonyl (C=O) groups excluding carboxylic acids is 1. The predicted molar refractivity (Wildman–Crippen MR) is 128 cm³/mol. The molecule has 0 bridgehead atoms. The van der Waals surface area contributed by atoms with E-state index < -0.39 is 5.97 Å². The molecule has 0 aliphatic rings. The van der Waals surface area contributed by atoms with Crippen LogP contribution in [0.1, 0.15) is 28.4 Å². The Bertz CT molecular complexity index is 1080. The first kappa shape index (κ1) is 23.5. The molecule has 0 saturated heterocycles. The van der Waals surface area contributed by atoms with Gasteiger partial charge in [0.25, 0.3) is 0 Å². The number of benzene rings is 3. The number of anilines is 1. The second-order valence-corrected chi connectivity index (χ2v) is 7.60. The largest absolute Gasteiger partial charge is 0.489 e. The number of halogens is 2. The highest BCUT2D eigenvalue weighted by molar-refractivity contribution is 7.80. The lowest BCUT2D eigenvalue weighted by atomic mass is 10.2. The van der Waals surface area contributed by atoms with E-state index in [9.17, 15) is 9.18 Å². The molecule has 3 aromatic carbocycles. The number of nitrogens with one attached hydrogen (secondary N) is 2. The molecule has 0 fully saturated rings. The molecule has 8 heteroatoms. The highest BCUT2D eigenvalue weighted by atomic mass is 35.5. The number of hydrogen-bond donors (Lipinski definition) is 2. The van der Waals surface area contributed by atoms with Crippen molar-refractivity contribution < 1.29 is 18.7 Å². The Hall–Kier alpha value is -3.16. The SMILES string of the molecule is CCOC(=O)c1cc(NC(=S)NCc2ccc(OCc3ccc(F)cc3)cc2)ccc1Cl. The van der Waals surface area contributed by atoms with Crippen LogP contribution in [0, 0.1) is 5.82 Å². The Morgan fingerprint density at radius 1 is 1.03 bits per heavy atom. The van der Waals surface area contributed by atoms with Crippen molar-refractivity contribution in [3.05, 3.63) is 94.3 Å². The van der Waals surface area contributed by atoms with Crippen molar-refractivity contribution >= 4 is 40.6 Å². The van der Waals surface area contributed by atoms with Crippen molar-refractivity contribution in [2.75, 3.05) is 11.9 Å². The monoisotopic (exact) mass is 472 g/mol. The van der Waals surface area contributed by atoms with Crippen molar-refractivity contribution in [3.8, 4) is 5.75 Å². The molecule has 5 nitrogen and oxygen atoms in total. The lowest BCUT2D eigenvalue weighted by Gasteiger charge is -2.13. The third-order valence-electron chi connectivity index (χ3n) is 4.41. The van der Waals surface area contributed by atoms with Crippen molar-refractivity contribution in [1.29, 1.82) is 0 Å². The minimum Gasteiger partial charge on any atom is -0.489 e. The van der Waals surface area contributed by atoms with Gasteiger partial charge in [-0.1, -0.05) is 35.9 Å². The van der Waals surface area contributed by atoms with Crippen molar-refractivity contribution in [3.63, 3.8) is 0 Å². The number of thiocarbonyl (C=S) groups is 1. The van der Waals surface area contributed by atoms with Gasteiger partial charge in [0, 0.05) is 12.2 Å². The van der Waals surface area contributed by atoms with Crippen LogP contribution in [-0.2, 0) is 17.9 Å². The van der Waals surface area contributed by atoms with Gasteiger partial charge in [-0.05, 0) is 72.7 Å². The molecule has 0 aliphatic heterocycles. The fourth-order valence-electron chi connectivity index (χ4n) is 2.78. The van der Waals surface area contributed by atoms with E-state index in [1.165, 1.54) is 12.1 Å². The minimum atomic E-state index is -0.484. The van der Waals surface area contributed by atoms with Crippen molar-refractivity contribution in [2.24, 2.45) is 0 Å². The van der Waals surface area contributed by atoms with E-state index >= 15 is 0 Å². The summed E-state index contributed by atoms with van der Waals surface area (Å²) in [6.45, 7) is 2.86. The van der Waals surface area contributed by atoms with Gasteiger partial charge in [-0.15, -0.1) is 0 Å². The summed E-state index contributed by atoms with van der Waals surface area (Å²) in [6, 6.07) is 18.7. The number of rotatable bonds is 8. The summed E-state index contributed by atoms with van der Waals surface area (Å²) in [4.78, 5) is 12.0. The second-order valence-electron chi connectivity index (χ2n) is 6.78. The summed E-state index contributed by atoms with van der Waals surface area (Å²) in [5.41, 5.74) is 2.80. The van der Waals surface area contributed by atoms with Crippen LogP contribution in [0.4, 0.5) is 10.1 Å². The summed E-state index contributed by atoms with van der Waals surface area (Å²) >= 11 is 11.4. The fourth-order valence-corrected chi connectivity index (χ4v) is 3.16. The maximum atomic E-state index is 13.0. The number of ether oxygens (including phenoxy) is 2. The third-order valence-corrected chi connectivity index (χ3v) is 4.99. The average molecular weight is 473 g/mol. The molecule has 0 spiro atoms. The normalized spacial score (nSPS) is 10.3. The summed E-state index contributed by atoms with van der Waals surface area (Å²) < 4.78 is 23.7. The first-order chi connectivity index (χ1) is 15.4. The quantitative estimate of drug-likeness (QED) is 0.323. The molecule has 0 amide bonds. The van der Waals surface area contributed by atoms with E-state index in [0.717, 1.165) is 11.1 Å². The zero-order valence-electron chi connectivity index (χ0n) is 17.4. The van der Waals surface area contributed by atoms with Gasteiger partial charge in [-0.25, -0.2) is 9.18 Å². The number of hydrogen-bond acceptors (Lipinski definition) is 4. The molecule has 0 unspecified atom stereocenters. The van der Waals surface area contributed by atoms with Gasteiger partial charge < -0.3 is 20.1 Å². The van der Waals surface area contributed by atoms with Crippen LogP contribution in [0.25, 0.3) is 0 Å². The Morgan fingerprint density at radius 3 is 2.41 bits per heavy atom. The Kier molecular flexibility index (Phi) is 8.41. The van der Waals surface area contributed by atoms with E-state index in [4.69, 9.17) is 33.3 Å². The van der Waals surface area contributed by atoms with Crippen LogP contribution in [0.3, 0.4) is 0 Å². The maximum Gasteiger partial charge on any atom is 0.339 e. The molecule has 32 heavy (non-hydrogen) atoms. The second kappa shape index (κ2) is 11.5. The zero-order chi connectivity index (χ0) is 22.9. The molecule has 0 atom stereocenters. The van der Waals surface area contributed by atoms with Gasteiger partial charge in [0.05, 0.1) is 17.2 Å². The highest BCUT2D eigenvalue weighted by Gasteiger charge is 2.12. The van der Waals surface area contributed by atoms with Crippen LogP contribution in [0.2, 0.25) is 5.02 Å². The van der Waals surface area contributed by atoms with Gasteiger partial charge in [-0.2, -0.15) is 0 Å². The number of carbonyl (C=O) groups is 1. The third kappa shape index (κ3) is 6.93. The minimum absolute atomic E-state index is 0.267. The van der Waals surface area contributed by atoms with E-state index in [2.05, 4.69) is 10.6 Å². The average Bonchev–Trinajstić information content (AvgIpc) is 2.79. The first-order valence-corrected chi connectivity index (χ1v) is 10.7. The Labute approximate surface area is 196 Å². The topological polar surface area (TPSA) is 59.6 Å². The predicted octanol–water partition coefficient (Wildman–Crippen LogP) is 5.72. The smallest absolute Gasteiger partial charge is 0.339 e. The van der Waals surface area contributed by atoms with Gasteiger partial charge in [-0.3, -0.25) is 0 Å². The van der Waals surface area contributed by atoms with Gasteiger partial charge in [0.1, 0.15) is 18.2 Å². The molecule has 166 valence electrons. The maximum absolute atomic E-state index is 13.0. The molecule has 0 aromatic heterocycles. The molecule has 0 heterocycles. The lowest BCUT2D eigenvalue weighted by Crippen LogP contribution is -2.28.